The number of anilines is 1. The first-order chi connectivity index (χ1) is 13.7. The molecule has 0 fully saturated rings. The average Bonchev–Trinajstić information content (AvgIpc) is 3.11. The molecule has 9 heteroatoms. The molecule has 0 aliphatic carbocycles. The van der Waals surface area contributed by atoms with Gasteiger partial charge >= 0.3 is 0 Å². The number of aromatic nitrogens is 2. The van der Waals surface area contributed by atoms with Crippen molar-refractivity contribution in [2.24, 2.45) is 0 Å². The van der Waals surface area contributed by atoms with E-state index in [0.29, 0.717) is 12.2 Å². The summed E-state index contributed by atoms with van der Waals surface area (Å²) in [6.07, 6.45) is 2.89. The molecule has 0 radical (unpaired) electrons. The minimum Gasteiger partial charge on any atom is -0.381 e. The first-order valence-electron chi connectivity index (χ1n) is 9.03. The Morgan fingerprint density at radius 2 is 1.86 bits per heavy atom. The van der Waals surface area contributed by atoms with E-state index < -0.39 is 20.4 Å². The normalized spacial score (nSPS) is 11.6. The van der Waals surface area contributed by atoms with Gasteiger partial charge in [-0.05, 0) is 30.2 Å². The predicted octanol–water partition coefficient (Wildman–Crippen LogP) is 3.92. The lowest BCUT2D eigenvalue weighted by Crippen LogP contribution is -2.06. The minimum absolute atomic E-state index is 0.195. The molecule has 0 spiro atoms. The highest BCUT2D eigenvalue weighted by Crippen LogP contribution is 2.28. The highest BCUT2D eigenvalue weighted by Gasteiger charge is 2.22. The van der Waals surface area contributed by atoms with Crippen molar-refractivity contribution < 1.29 is 13.3 Å². The summed E-state index contributed by atoms with van der Waals surface area (Å²) in [6.45, 7) is 4.50. The monoisotopic (exact) mass is 414 g/mol. The van der Waals surface area contributed by atoms with E-state index in [4.69, 9.17) is 0 Å². The summed E-state index contributed by atoms with van der Waals surface area (Å²) in [5, 5.41) is 19.0. The fourth-order valence-corrected chi connectivity index (χ4v) is 3.89. The third-order valence-electron chi connectivity index (χ3n) is 4.43. The van der Waals surface area contributed by atoms with Gasteiger partial charge in [-0.3, -0.25) is 10.1 Å². The molecule has 152 valence electrons. The van der Waals surface area contributed by atoms with E-state index >= 15 is 0 Å². The topological polar surface area (TPSA) is 107 Å². The van der Waals surface area contributed by atoms with Gasteiger partial charge in [0.2, 0.25) is 0 Å². The van der Waals surface area contributed by atoms with Crippen LogP contribution in [0.1, 0.15) is 31.0 Å². The highest BCUT2D eigenvalue weighted by atomic mass is 32.2. The molecular weight excluding hydrogens is 392 g/mol. The molecular formula is C20H22N4O4S. The first-order valence-corrected chi connectivity index (χ1v) is 10.9. The summed E-state index contributed by atoms with van der Waals surface area (Å²) in [6, 6.07) is 13.7. The smallest absolute Gasteiger partial charge is 0.288 e. The molecule has 0 atom stereocenters. The molecule has 0 aliphatic heterocycles. The molecule has 29 heavy (non-hydrogen) atoms. The highest BCUT2D eigenvalue weighted by molar-refractivity contribution is 7.90. The van der Waals surface area contributed by atoms with Crippen LogP contribution in [0.3, 0.4) is 0 Å². The van der Waals surface area contributed by atoms with Gasteiger partial charge in [-0.2, -0.15) is 5.10 Å². The van der Waals surface area contributed by atoms with Gasteiger partial charge in [-0.1, -0.05) is 32.0 Å². The maximum absolute atomic E-state index is 11.9. The van der Waals surface area contributed by atoms with Crippen LogP contribution in [0.2, 0.25) is 0 Å². The van der Waals surface area contributed by atoms with Gasteiger partial charge in [0, 0.05) is 36.3 Å². The number of hydrogen-bond acceptors (Lipinski definition) is 6. The number of nitrogens with one attached hydrogen (secondary N) is 1. The third kappa shape index (κ3) is 4.62. The molecule has 8 nitrogen and oxygen atoms in total. The Morgan fingerprint density at radius 1 is 1.17 bits per heavy atom. The van der Waals surface area contributed by atoms with Gasteiger partial charge in [0.05, 0.1) is 16.3 Å². The Labute approximate surface area is 169 Å². The molecule has 3 aromatic rings. The molecule has 2 aromatic carbocycles. The van der Waals surface area contributed by atoms with E-state index in [1.807, 2.05) is 41.2 Å². The van der Waals surface area contributed by atoms with Crippen molar-refractivity contribution in [2.45, 2.75) is 31.2 Å². The number of nitro benzene ring substituents is 1. The number of nitrogens with zero attached hydrogens (tertiary/aromatic N) is 3. The van der Waals surface area contributed by atoms with Crippen LogP contribution in [0.5, 0.6) is 0 Å². The van der Waals surface area contributed by atoms with Crippen LogP contribution in [0.25, 0.3) is 5.69 Å². The summed E-state index contributed by atoms with van der Waals surface area (Å²) in [5.41, 5.74) is 2.88. The summed E-state index contributed by atoms with van der Waals surface area (Å²) < 4.78 is 25.7. The Hall–Kier alpha value is -3.20. The minimum atomic E-state index is -3.74. The van der Waals surface area contributed by atoms with Crippen LogP contribution in [0, 0.1) is 10.1 Å². The van der Waals surface area contributed by atoms with Crippen molar-refractivity contribution in [1.82, 2.24) is 9.78 Å². The number of sulfone groups is 1. The molecule has 0 saturated carbocycles. The second-order valence-electron chi connectivity index (χ2n) is 7.04. The summed E-state index contributed by atoms with van der Waals surface area (Å²) >= 11 is 0. The van der Waals surface area contributed by atoms with E-state index in [1.54, 1.807) is 0 Å². The van der Waals surface area contributed by atoms with Crippen LogP contribution < -0.4 is 5.32 Å². The Kier molecular flexibility index (Phi) is 5.69. The lowest BCUT2D eigenvalue weighted by atomic mass is 10.1. The van der Waals surface area contributed by atoms with Crippen molar-refractivity contribution in [1.29, 1.82) is 0 Å². The number of benzene rings is 2. The van der Waals surface area contributed by atoms with E-state index in [0.717, 1.165) is 23.2 Å². The average molecular weight is 414 g/mol. The number of rotatable bonds is 7. The van der Waals surface area contributed by atoms with Gasteiger partial charge in [-0.15, -0.1) is 0 Å². The molecule has 3 rings (SSSR count). The standard InChI is InChI=1S/C20H22N4O4S/c1-14(2)20-15(13-23(22-20)17-7-5-4-6-8-17)12-21-16-9-10-18(24(25)26)19(11-16)29(3,27)28/h4-11,13-14,21H,12H2,1-3H3. The molecule has 0 amide bonds. The Morgan fingerprint density at radius 3 is 2.45 bits per heavy atom. The lowest BCUT2D eigenvalue weighted by Gasteiger charge is -2.09. The van der Waals surface area contributed by atoms with Gasteiger partial charge in [-0.25, -0.2) is 13.1 Å². The van der Waals surface area contributed by atoms with Crippen molar-refractivity contribution in [3.63, 3.8) is 0 Å². The molecule has 0 aliphatic rings. The summed E-state index contributed by atoms with van der Waals surface area (Å²) in [7, 11) is -3.74. The Balaban J connectivity index is 1.90. The van der Waals surface area contributed by atoms with E-state index in [-0.39, 0.29) is 10.8 Å². The van der Waals surface area contributed by atoms with Gasteiger partial charge < -0.3 is 5.32 Å². The zero-order valence-electron chi connectivity index (χ0n) is 16.4. The van der Waals surface area contributed by atoms with Gasteiger partial charge in [0.25, 0.3) is 5.69 Å². The molecule has 0 saturated heterocycles. The van der Waals surface area contributed by atoms with E-state index in [2.05, 4.69) is 24.3 Å². The van der Waals surface area contributed by atoms with Crippen molar-refractivity contribution in [3.8, 4) is 5.69 Å². The van der Waals surface area contributed by atoms with E-state index in [9.17, 15) is 18.5 Å². The summed E-state index contributed by atoms with van der Waals surface area (Å²) in [5.74, 6) is 0.195. The van der Waals surface area contributed by atoms with Crippen molar-refractivity contribution >= 4 is 21.2 Å². The second-order valence-corrected chi connectivity index (χ2v) is 9.02. The maximum atomic E-state index is 11.9. The summed E-state index contributed by atoms with van der Waals surface area (Å²) in [4.78, 5) is 10.1. The molecule has 1 N–H and O–H groups in total. The number of hydrogen-bond donors (Lipinski definition) is 1. The zero-order valence-corrected chi connectivity index (χ0v) is 17.2. The number of nitro groups is 1. The largest absolute Gasteiger partial charge is 0.381 e. The van der Waals surface area contributed by atoms with Crippen LogP contribution in [0.4, 0.5) is 11.4 Å². The number of para-hydroxylation sites is 1. The van der Waals surface area contributed by atoms with Gasteiger partial charge in [0.15, 0.2) is 9.84 Å². The van der Waals surface area contributed by atoms with Crippen LogP contribution in [-0.2, 0) is 16.4 Å². The molecule has 0 bridgehead atoms. The van der Waals surface area contributed by atoms with Crippen molar-refractivity contribution in [3.05, 3.63) is 76.1 Å². The molecule has 1 aromatic heterocycles. The van der Waals surface area contributed by atoms with Crippen LogP contribution in [0.15, 0.2) is 59.6 Å². The lowest BCUT2D eigenvalue weighted by molar-refractivity contribution is -0.387. The SMILES string of the molecule is CC(C)c1nn(-c2ccccc2)cc1CNc1ccc([N+](=O)[O-])c(S(C)(=O)=O)c1. The fraction of sp³-hybridized carbons (Fsp3) is 0.250. The van der Waals surface area contributed by atoms with E-state index in [1.165, 1.54) is 18.2 Å². The van der Waals surface area contributed by atoms with Crippen LogP contribution in [-0.4, -0.2) is 29.4 Å². The van der Waals surface area contributed by atoms with Crippen LogP contribution >= 0.6 is 0 Å². The zero-order chi connectivity index (χ0) is 21.2. The molecule has 0 unspecified atom stereocenters. The first kappa shape index (κ1) is 20.5. The maximum Gasteiger partial charge on any atom is 0.288 e. The third-order valence-corrected chi connectivity index (χ3v) is 5.56. The van der Waals surface area contributed by atoms with Crippen molar-refractivity contribution in [2.75, 3.05) is 11.6 Å². The fourth-order valence-electron chi connectivity index (χ4n) is 3.03. The molecule has 1 heterocycles. The Bertz CT molecular complexity index is 1140. The van der Waals surface area contributed by atoms with Gasteiger partial charge in [0.1, 0.15) is 4.90 Å². The second kappa shape index (κ2) is 8.04. The predicted molar refractivity (Wildman–Crippen MR) is 111 cm³/mol. The quantitative estimate of drug-likeness (QED) is 0.464.